The second-order valence-corrected chi connectivity index (χ2v) is 15.3. The van der Waals surface area contributed by atoms with Crippen LogP contribution in [-0.4, -0.2) is 100 Å². The summed E-state index contributed by atoms with van der Waals surface area (Å²) in [5.74, 6) is 0.213. The fourth-order valence-electron chi connectivity index (χ4n) is 7.99. The van der Waals surface area contributed by atoms with Crippen LogP contribution in [0.1, 0.15) is 74.0 Å². The van der Waals surface area contributed by atoms with Gasteiger partial charge in [-0.25, -0.2) is 13.9 Å². The molecule has 3 fully saturated rings. The van der Waals surface area contributed by atoms with Crippen LogP contribution in [0.3, 0.4) is 0 Å². The van der Waals surface area contributed by atoms with Crippen LogP contribution < -0.4 is 15.8 Å². The molecule has 0 aliphatic carbocycles. The molecule has 2 unspecified atom stereocenters. The highest BCUT2D eigenvalue weighted by Crippen LogP contribution is 2.37. The molecule has 51 heavy (non-hydrogen) atoms. The first-order valence-electron chi connectivity index (χ1n) is 17.8. The van der Waals surface area contributed by atoms with Crippen molar-refractivity contribution in [3.8, 4) is 23.1 Å². The fourth-order valence-corrected chi connectivity index (χ4v) is 7.99. The highest BCUT2D eigenvalue weighted by atomic mass is 19.1. The van der Waals surface area contributed by atoms with E-state index in [0.717, 1.165) is 75.6 Å². The maximum Gasteiger partial charge on any atom is 0.407 e. The van der Waals surface area contributed by atoms with Crippen molar-refractivity contribution in [1.82, 2.24) is 29.8 Å². The maximum atomic E-state index is 13.7. The Balaban J connectivity index is 1.01. The normalized spacial score (nSPS) is 20.8. The molecule has 272 valence electrons. The summed E-state index contributed by atoms with van der Waals surface area (Å²) in [5, 5.41) is 27.4. The largest absolute Gasteiger partial charge is 0.496 e. The van der Waals surface area contributed by atoms with E-state index in [0.29, 0.717) is 41.3 Å². The number of piperidine rings is 2. The number of hydrogen-bond donors (Lipinski definition) is 3. The van der Waals surface area contributed by atoms with Crippen LogP contribution in [0, 0.1) is 28.5 Å². The molecule has 3 aliphatic heterocycles. The highest BCUT2D eigenvalue weighted by molar-refractivity contribution is 5.96. The second-order valence-electron chi connectivity index (χ2n) is 15.3. The van der Waals surface area contributed by atoms with Crippen LogP contribution in [0.15, 0.2) is 42.5 Å². The minimum absolute atomic E-state index is 0.0417. The summed E-state index contributed by atoms with van der Waals surface area (Å²) in [6.45, 7) is 12.2. The third kappa shape index (κ3) is 7.82. The number of carboxylic acid groups (broad SMARTS) is 1. The van der Waals surface area contributed by atoms with Gasteiger partial charge in [0.05, 0.1) is 18.7 Å². The molecule has 3 aromatic rings. The summed E-state index contributed by atoms with van der Waals surface area (Å²) < 4.78 is 20.8. The molecular formula is C38H49FN8O4. The predicted octanol–water partition coefficient (Wildman–Crippen LogP) is 5.21. The minimum atomic E-state index is -0.808. The Bertz CT molecular complexity index is 1770. The van der Waals surface area contributed by atoms with Crippen LogP contribution >= 0.6 is 0 Å². The molecule has 1 aromatic heterocycles. The van der Waals surface area contributed by atoms with Gasteiger partial charge in [0.2, 0.25) is 0 Å². The molecular weight excluding hydrogens is 651 g/mol. The lowest BCUT2D eigenvalue weighted by molar-refractivity contribution is -0.0117. The molecule has 13 heteroatoms. The van der Waals surface area contributed by atoms with Crippen LogP contribution in [0.4, 0.5) is 15.0 Å². The molecule has 0 saturated carbocycles. The first-order valence-corrected chi connectivity index (χ1v) is 17.8. The zero-order valence-electron chi connectivity index (χ0n) is 29.9. The van der Waals surface area contributed by atoms with E-state index in [1.54, 1.807) is 4.90 Å². The number of methoxy groups -OCH3 is 1. The monoisotopic (exact) mass is 700 g/mol. The van der Waals surface area contributed by atoms with Crippen molar-refractivity contribution < 1.29 is 23.8 Å². The standard InChI is InChI=1S/C38H49FN8O4/c1-38(2,3)33-17-25(11-16-46(33)37(49)50)21-44-22-29(23-44)45-14-12-28(13-15-45)47-35(41)31(19-40)34(43-47)26-7-5-24(6-8-26)20-42-36(48)30-18-27(39)9-10-32(30)51-4/h5-10,18,25,28-29,33H,11-17,20-23,41H2,1-4H3,(H,42,48)(H,49,50). The van der Waals surface area contributed by atoms with Crippen molar-refractivity contribution in [2.45, 2.75) is 71.1 Å². The predicted molar refractivity (Wildman–Crippen MR) is 192 cm³/mol. The van der Waals surface area contributed by atoms with Crippen molar-refractivity contribution >= 4 is 17.8 Å². The average molecular weight is 701 g/mol. The summed E-state index contributed by atoms with van der Waals surface area (Å²) in [4.78, 5) is 31.3. The van der Waals surface area contributed by atoms with E-state index in [1.807, 2.05) is 28.9 Å². The summed E-state index contributed by atoms with van der Waals surface area (Å²) in [6, 6.07) is 14.2. The van der Waals surface area contributed by atoms with Gasteiger partial charge < -0.3 is 25.8 Å². The van der Waals surface area contributed by atoms with E-state index >= 15 is 0 Å². The number of rotatable bonds is 9. The number of anilines is 1. The first kappa shape index (κ1) is 36.1. The number of carbonyl (C=O) groups excluding carboxylic acids is 1. The summed E-state index contributed by atoms with van der Waals surface area (Å²) in [7, 11) is 1.43. The van der Waals surface area contributed by atoms with Gasteiger partial charge in [-0.3, -0.25) is 14.6 Å². The number of nitriles is 1. The van der Waals surface area contributed by atoms with Gasteiger partial charge in [0.15, 0.2) is 0 Å². The second kappa shape index (κ2) is 14.9. The van der Waals surface area contributed by atoms with Crippen molar-refractivity contribution in [2.24, 2.45) is 11.3 Å². The molecule has 4 heterocycles. The van der Waals surface area contributed by atoms with Gasteiger partial charge in [-0.15, -0.1) is 0 Å². The van der Waals surface area contributed by atoms with E-state index < -0.39 is 17.8 Å². The number of nitrogens with one attached hydrogen (secondary N) is 1. The third-order valence-corrected chi connectivity index (χ3v) is 10.9. The molecule has 2 amide bonds. The zero-order valence-corrected chi connectivity index (χ0v) is 29.9. The van der Waals surface area contributed by atoms with Crippen molar-refractivity contribution in [3.05, 3.63) is 65.0 Å². The number of nitrogens with zero attached hydrogens (tertiary/aromatic N) is 6. The van der Waals surface area contributed by atoms with Gasteiger partial charge in [-0.05, 0) is 60.8 Å². The number of halogens is 1. The van der Waals surface area contributed by atoms with E-state index in [2.05, 4.69) is 42.0 Å². The molecule has 2 aromatic carbocycles. The highest BCUT2D eigenvalue weighted by Gasteiger charge is 2.41. The fraction of sp³-hybridized carbons (Fsp3) is 0.526. The number of nitrogens with two attached hydrogens (primary N) is 1. The van der Waals surface area contributed by atoms with Crippen molar-refractivity contribution in [3.63, 3.8) is 0 Å². The Morgan fingerprint density at radius 1 is 1.08 bits per heavy atom. The summed E-state index contributed by atoms with van der Waals surface area (Å²) >= 11 is 0. The summed E-state index contributed by atoms with van der Waals surface area (Å²) in [6.07, 6.45) is 2.80. The molecule has 0 bridgehead atoms. The molecule has 3 saturated heterocycles. The lowest BCUT2D eigenvalue weighted by Gasteiger charge is -2.50. The topological polar surface area (TPSA) is 153 Å². The number of hydrogen-bond acceptors (Lipinski definition) is 8. The van der Waals surface area contributed by atoms with Gasteiger partial charge in [-0.2, -0.15) is 10.4 Å². The van der Waals surface area contributed by atoms with Crippen LogP contribution in [0.2, 0.25) is 0 Å². The molecule has 3 aliphatic rings. The Morgan fingerprint density at radius 2 is 1.78 bits per heavy atom. The number of ether oxygens (including phenoxy) is 1. The maximum absolute atomic E-state index is 13.7. The summed E-state index contributed by atoms with van der Waals surface area (Å²) in [5.41, 5.74) is 9.04. The van der Waals surface area contributed by atoms with Crippen LogP contribution in [-0.2, 0) is 6.54 Å². The van der Waals surface area contributed by atoms with E-state index in [4.69, 9.17) is 15.6 Å². The van der Waals surface area contributed by atoms with Crippen LogP contribution in [0.5, 0.6) is 5.75 Å². The Hall–Kier alpha value is -4.67. The van der Waals surface area contributed by atoms with Gasteiger partial charge in [0.25, 0.3) is 5.91 Å². The molecule has 12 nitrogen and oxygen atoms in total. The first-order chi connectivity index (χ1) is 24.4. The molecule has 4 N–H and O–H groups in total. The molecule has 0 radical (unpaired) electrons. The lowest BCUT2D eigenvalue weighted by Crippen LogP contribution is -2.62. The number of aromatic nitrogens is 2. The quantitative estimate of drug-likeness (QED) is 0.273. The van der Waals surface area contributed by atoms with Gasteiger partial charge in [-0.1, -0.05) is 45.0 Å². The average Bonchev–Trinajstić information content (AvgIpc) is 3.44. The van der Waals surface area contributed by atoms with Crippen LogP contribution in [0.25, 0.3) is 11.3 Å². The molecule has 6 rings (SSSR count). The van der Waals surface area contributed by atoms with Gasteiger partial charge in [0, 0.05) is 63.5 Å². The smallest absolute Gasteiger partial charge is 0.407 e. The zero-order chi connectivity index (χ0) is 36.4. The van der Waals surface area contributed by atoms with Crippen molar-refractivity contribution in [2.75, 3.05) is 52.1 Å². The third-order valence-electron chi connectivity index (χ3n) is 10.9. The van der Waals surface area contributed by atoms with Gasteiger partial charge >= 0.3 is 6.09 Å². The Morgan fingerprint density at radius 3 is 2.41 bits per heavy atom. The number of carbonyl (C=O) groups is 2. The molecule has 0 spiro atoms. The number of likely N-dealkylation sites (tertiary alicyclic amines) is 3. The van der Waals surface area contributed by atoms with E-state index in [-0.39, 0.29) is 29.6 Å². The van der Waals surface area contributed by atoms with Crippen molar-refractivity contribution in [1.29, 1.82) is 5.26 Å². The van der Waals surface area contributed by atoms with E-state index in [1.165, 1.54) is 19.2 Å². The molecule has 2 atom stereocenters. The Labute approximate surface area is 298 Å². The Kier molecular flexibility index (Phi) is 10.6. The SMILES string of the molecule is COc1ccc(F)cc1C(=O)NCc1ccc(-c2nn(C3CCN(C4CN(CC5CCN(C(=O)O)C(C(C)(C)C)C5)C4)CC3)c(N)c2C#N)cc1. The van der Waals surface area contributed by atoms with E-state index in [9.17, 15) is 24.3 Å². The number of nitrogen functional groups attached to an aromatic ring is 1. The number of benzene rings is 2. The van der Waals surface area contributed by atoms with Gasteiger partial charge in [0.1, 0.15) is 34.7 Å². The number of amides is 2. The minimum Gasteiger partial charge on any atom is -0.496 e. The lowest BCUT2D eigenvalue weighted by atomic mass is 9.76.